The summed E-state index contributed by atoms with van der Waals surface area (Å²) < 4.78 is 41.9. The van der Waals surface area contributed by atoms with E-state index in [0.717, 1.165) is 28.9 Å². The van der Waals surface area contributed by atoms with Crippen LogP contribution in [0.5, 0.6) is 0 Å². The van der Waals surface area contributed by atoms with Crippen LogP contribution in [-0.4, -0.2) is 75.9 Å². The van der Waals surface area contributed by atoms with E-state index in [2.05, 4.69) is 15.7 Å². The van der Waals surface area contributed by atoms with Crippen LogP contribution in [0.1, 0.15) is 30.0 Å². The van der Waals surface area contributed by atoms with Crippen LogP contribution in [0, 0.1) is 18.6 Å². The second-order valence-electron chi connectivity index (χ2n) is 10.7. The number of aryl methyl sites for hydroxylation is 1. The Kier molecular flexibility index (Phi) is 9.35. The lowest BCUT2D eigenvalue weighted by Gasteiger charge is -2.31. The van der Waals surface area contributed by atoms with E-state index in [1.807, 2.05) is 55.4 Å². The maximum atomic E-state index is 14.4. The zero-order valence-electron chi connectivity index (χ0n) is 25.0. The highest BCUT2D eigenvalue weighted by Crippen LogP contribution is 2.38. The number of likely N-dealkylation sites (tertiary alicyclic amines) is 1. The van der Waals surface area contributed by atoms with Gasteiger partial charge in [0.05, 0.1) is 37.6 Å². The predicted molar refractivity (Wildman–Crippen MR) is 159 cm³/mol. The number of hydrogen-bond acceptors (Lipinski definition) is 7. The number of hydrogen-bond donors (Lipinski definition) is 2. The van der Waals surface area contributed by atoms with Gasteiger partial charge in [-0.15, -0.1) is 0 Å². The van der Waals surface area contributed by atoms with Crippen LogP contribution in [0.4, 0.5) is 19.4 Å². The van der Waals surface area contributed by atoms with Crippen molar-refractivity contribution in [2.75, 3.05) is 32.7 Å². The first-order chi connectivity index (χ1) is 21.2. The highest BCUT2D eigenvalue weighted by molar-refractivity contribution is 5.91. The molecule has 5 rings (SSSR count). The number of halogens is 2. The minimum absolute atomic E-state index is 0.108. The Labute approximate surface area is 253 Å². The number of ether oxygens (including phenoxy) is 2. The lowest BCUT2D eigenvalue weighted by atomic mass is 9.99. The number of nitrogens with one attached hydrogen (secondary N) is 2. The number of benzene rings is 2. The fraction of sp³-hybridized carbons (Fsp3) is 0.355. The monoisotopic (exact) mass is 607 g/mol. The Morgan fingerprint density at radius 3 is 2.52 bits per heavy atom. The first-order valence-corrected chi connectivity index (χ1v) is 14.2. The fourth-order valence-electron chi connectivity index (χ4n) is 5.78. The third kappa shape index (κ3) is 6.48. The van der Waals surface area contributed by atoms with Gasteiger partial charge in [-0.25, -0.2) is 18.3 Å². The Bertz CT molecular complexity index is 1620. The molecule has 0 radical (unpaired) electrons. The van der Waals surface area contributed by atoms with E-state index in [1.165, 1.54) is 13.2 Å². The van der Waals surface area contributed by atoms with E-state index < -0.39 is 35.7 Å². The first-order valence-electron chi connectivity index (χ1n) is 14.2. The van der Waals surface area contributed by atoms with Crippen molar-refractivity contribution in [1.29, 1.82) is 0 Å². The molecule has 2 aromatic heterocycles. The van der Waals surface area contributed by atoms with Crippen molar-refractivity contribution in [2.45, 2.75) is 37.9 Å². The second kappa shape index (κ2) is 13.3. The summed E-state index contributed by atoms with van der Waals surface area (Å²) in [6.45, 7) is 2.16. The van der Waals surface area contributed by atoms with Gasteiger partial charge in [0.25, 0.3) is 0 Å². The number of nitrogens with zero attached hydrogens (tertiary/aromatic N) is 5. The number of carbonyl (C=O) groups excluding carboxylic acids is 2. The zero-order chi connectivity index (χ0) is 31.4. The molecule has 11 nitrogen and oxygen atoms in total. The Hall–Kier alpha value is -4.62. The lowest BCUT2D eigenvalue weighted by molar-refractivity contribution is -0.142. The average Bonchev–Trinajstić information content (AvgIpc) is 3.69. The molecule has 3 atom stereocenters. The molecule has 0 aliphatic carbocycles. The zero-order valence-corrected chi connectivity index (χ0v) is 25.0. The molecular weight excluding hydrogens is 572 g/mol. The number of aromatic nitrogens is 4. The van der Waals surface area contributed by atoms with Crippen LogP contribution in [0.15, 0.2) is 60.9 Å². The van der Waals surface area contributed by atoms with Crippen LogP contribution < -0.4 is 10.6 Å². The van der Waals surface area contributed by atoms with Crippen LogP contribution in [0.2, 0.25) is 0 Å². The van der Waals surface area contributed by atoms with Crippen molar-refractivity contribution >= 4 is 17.8 Å². The summed E-state index contributed by atoms with van der Waals surface area (Å²) >= 11 is 0. The Morgan fingerprint density at radius 2 is 1.86 bits per heavy atom. The molecular formula is C31H35F2N7O4. The van der Waals surface area contributed by atoms with E-state index >= 15 is 0 Å². The molecule has 1 unspecified atom stereocenters. The molecule has 0 spiro atoms. The van der Waals surface area contributed by atoms with E-state index in [-0.39, 0.29) is 12.6 Å². The van der Waals surface area contributed by atoms with Gasteiger partial charge in [-0.2, -0.15) is 10.2 Å². The predicted octanol–water partition coefficient (Wildman–Crippen LogP) is 4.37. The topological polar surface area (TPSA) is 116 Å². The second-order valence-corrected chi connectivity index (χ2v) is 10.7. The third-order valence-electron chi connectivity index (χ3n) is 7.86. The Balaban J connectivity index is 1.48. The quantitative estimate of drug-likeness (QED) is 0.257. The summed E-state index contributed by atoms with van der Waals surface area (Å²) in [6, 6.07) is 11.0. The molecule has 1 aliphatic heterocycles. The maximum absolute atomic E-state index is 14.4. The standard InChI is InChI=1S/C31H35F2N7O4/c1-19-28(21-16-34-38(2)17-21)37-40(22-8-6-5-7-9-22)30(19)36-31(42)35-26-15-23(12-13-43-3)39(18-27(41)44-4)29(26)20-10-11-24(32)25(33)14-20/h5-11,14,16-17,23,26,29H,12-13,15,18H2,1-4H3,(H2,35,36,42)/t23?,26-,29+/m1/s1. The molecule has 2 aromatic carbocycles. The summed E-state index contributed by atoms with van der Waals surface area (Å²) in [7, 11) is 4.68. The largest absolute Gasteiger partial charge is 0.468 e. The first kappa shape index (κ1) is 30.8. The van der Waals surface area contributed by atoms with Gasteiger partial charge in [-0.3, -0.25) is 19.7 Å². The number of amides is 2. The minimum Gasteiger partial charge on any atom is -0.468 e. The van der Waals surface area contributed by atoms with Gasteiger partial charge >= 0.3 is 12.0 Å². The molecule has 13 heteroatoms. The number of anilines is 1. The molecule has 1 saturated heterocycles. The van der Waals surface area contributed by atoms with Crippen molar-refractivity contribution in [3.05, 3.63) is 83.7 Å². The van der Waals surface area contributed by atoms with Crippen molar-refractivity contribution in [3.8, 4) is 16.9 Å². The highest BCUT2D eigenvalue weighted by atomic mass is 19.2. The van der Waals surface area contributed by atoms with Crippen LogP contribution in [0.25, 0.3) is 16.9 Å². The molecule has 2 N–H and O–H groups in total. The summed E-state index contributed by atoms with van der Waals surface area (Å²) in [6.07, 6.45) is 4.52. The summed E-state index contributed by atoms with van der Waals surface area (Å²) in [4.78, 5) is 28.0. The maximum Gasteiger partial charge on any atom is 0.320 e. The number of para-hydroxylation sites is 1. The van der Waals surface area contributed by atoms with E-state index in [4.69, 9.17) is 14.6 Å². The Morgan fingerprint density at radius 1 is 1.09 bits per heavy atom. The van der Waals surface area contributed by atoms with Gasteiger partial charge in [-0.05, 0) is 49.6 Å². The fourth-order valence-corrected chi connectivity index (χ4v) is 5.78. The van der Waals surface area contributed by atoms with E-state index in [0.29, 0.717) is 36.5 Å². The molecule has 1 aliphatic rings. The highest BCUT2D eigenvalue weighted by Gasteiger charge is 2.43. The van der Waals surface area contributed by atoms with E-state index in [9.17, 15) is 18.4 Å². The molecule has 232 valence electrons. The van der Waals surface area contributed by atoms with Gasteiger partial charge in [-0.1, -0.05) is 24.3 Å². The molecule has 0 saturated carbocycles. The molecule has 44 heavy (non-hydrogen) atoms. The molecule has 1 fully saturated rings. The number of urea groups is 1. The van der Waals surface area contributed by atoms with E-state index in [1.54, 1.807) is 22.7 Å². The SMILES string of the molecule is COCCC1C[C@@H](NC(=O)Nc2c(C)c(-c3cnn(C)c3)nn2-c2ccccc2)[C@H](c2ccc(F)c(F)c2)N1CC(=O)OC. The summed E-state index contributed by atoms with van der Waals surface area (Å²) in [5, 5.41) is 15.1. The normalized spacial score (nSPS) is 18.4. The van der Waals surface area contributed by atoms with Crippen molar-refractivity contribution in [3.63, 3.8) is 0 Å². The number of rotatable bonds is 10. The van der Waals surface area contributed by atoms with Gasteiger partial charge in [0.1, 0.15) is 11.5 Å². The molecule has 3 heterocycles. The van der Waals surface area contributed by atoms with Crippen LogP contribution >= 0.6 is 0 Å². The summed E-state index contributed by atoms with van der Waals surface area (Å²) in [5.41, 5.74) is 3.33. The minimum atomic E-state index is -1.02. The third-order valence-corrected chi connectivity index (χ3v) is 7.86. The molecule has 0 bridgehead atoms. The smallest absolute Gasteiger partial charge is 0.320 e. The average molecular weight is 608 g/mol. The molecule has 4 aromatic rings. The van der Waals surface area contributed by atoms with Gasteiger partial charge in [0.2, 0.25) is 0 Å². The summed E-state index contributed by atoms with van der Waals surface area (Å²) in [5.74, 6) is -2.04. The molecule has 2 amide bonds. The van der Waals surface area contributed by atoms with Crippen LogP contribution in [-0.2, 0) is 21.3 Å². The number of carbonyl (C=O) groups is 2. The van der Waals surface area contributed by atoms with Crippen molar-refractivity contribution in [2.24, 2.45) is 7.05 Å². The van der Waals surface area contributed by atoms with Gasteiger partial charge in [0, 0.05) is 44.1 Å². The number of methoxy groups -OCH3 is 2. The lowest BCUT2D eigenvalue weighted by Crippen LogP contribution is -2.43. The number of esters is 1. The van der Waals surface area contributed by atoms with Crippen LogP contribution in [0.3, 0.4) is 0 Å². The van der Waals surface area contributed by atoms with Gasteiger partial charge in [0.15, 0.2) is 11.6 Å². The van der Waals surface area contributed by atoms with Gasteiger partial charge < -0.3 is 14.8 Å². The van der Waals surface area contributed by atoms with Crippen molar-refractivity contribution < 1.29 is 27.8 Å². The van der Waals surface area contributed by atoms with Crippen molar-refractivity contribution in [1.82, 2.24) is 29.8 Å².